The smallest absolute Gasteiger partial charge is 0.170 e. The first-order chi connectivity index (χ1) is 8.93. The second kappa shape index (κ2) is 3.43. The van der Waals surface area contributed by atoms with Crippen molar-refractivity contribution >= 4 is 16.6 Å². The molecule has 3 aromatic heterocycles. The van der Waals surface area contributed by atoms with Crippen LogP contribution in [0.4, 0.5) is 0 Å². The highest BCUT2D eigenvalue weighted by Gasteiger charge is 2.11. The fourth-order valence-corrected chi connectivity index (χ4v) is 2.28. The number of aromatic amines is 1. The Morgan fingerprint density at radius 3 is 2.83 bits per heavy atom. The van der Waals surface area contributed by atoms with E-state index >= 15 is 0 Å². The molecule has 4 nitrogen and oxygen atoms in total. The third kappa shape index (κ3) is 1.20. The molecule has 0 fully saturated rings. The molecule has 4 rings (SSSR count). The van der Waals surface area contributed by atoms with E-state index in [1.165, 1.54) is 0 Å². The van der Waals surface area contributed by atoms with Gasteiger partial charge in [0.2, 0.25) is 0 Å². The van der Waals surface area contributed by atoms with E-state index in [0.29, 0.717) is 0 Å². The van der Waals surface area contributed by atoms with Crippen molar-refractivity contribution < 1.29 is 0 Å². The van der Waals surface area contributed by atoms with Gasteiger partial charge in [-0.1, -0.05) is 24.3 Å². The van der Waals surface area contributed by atoms with Gasteiger partial charge in [0, 0.05) is 28.9 Å². The molecule has 0 aliphatic heterocycles. The van der Waals surface area contributed by atoms with Gasteiger partial charge in [0.05, 0.1) is 0 Å². The van der Waals surface area contributed by atoms with Gasteiger partial charge in [0.15, 0.2) is 11.5 Å². The van der Waals surface area contributed by atoms with Gasteiger partial charge < -0.3 is 4.98 Å². The van der Waals surface area contributed by atoms with Gasteiger partial charge in [-0.05, 0) is 18.2 Å². The molecule has 1 aromatic carbocycles. The number of benzene rings is 1. The molecule has 0 spiro atoms. The highest BCUT2D eigenvalue weighted by molar-refractivity contribution is 5.94. The molecule has 3 heterocycles. The predicted octanol–water partition coefficient (Wildman–Crippen LogP) is 2.88. The highest BCUT2D eigenvalue weighted by atomic mass is 15.2. The van der Waals surface area contributed by atoms with E-state index in [9.17, 15) is 0 Å². The molecule has 0 amide bonds. The van der Waals surface area contributed by atoms with Crippen LogP contribution in [0.25, 0.3) is 27.9 Å². The molecule has 0 atom stereocenters. The molecule has 0 bridgehead atoms. The van der Waals surface area contributed by atoms with Crippen molar-refractivity contribution in [2.45, 2.75) is 0 Å². The SMILES string of the molecule is c1ccc2c(-c3nnc4ccccn34)c[nH]c2c1. The van der Waals surface area contributed by atoms with Gasteiger partial charge in [-0.25, -0.2) is 0 Å². The van der Waals surface area contributed by atoms with E-state index in [-0.39, 0.29) is 0 Å². The molecule has 0 saturated carbocycles. The third-order valence-electron chi connectivity index (χ3n) is 3.14. The number of rotatable bonds is 1. The number of hydrogen-bond donors (Lipinski definition) is 1. The maximum Gasteiger partial charge on any atom is 0.170 e. The zero-order valence-electron chi connectivity index (χ0n) is 9.54. The van der Waals surface area contributed by atoms with E-state index < -0.39 is 0 Å². The normalized spacial score (nSPS) is 11.3. The van der Waals surface area contributed by atoms with Crippen molar-refractivity contribution in [3.63, 3.8) is 0 Å². The Balaban J connectivity index is 2.08. The summed E-state index contributed by atoms with van der Waals surface area (Å²) in [6, 6.07) is 14.1. The summed E-state index contributed by atoms with van der Waals surface area (Å²) in [6.45, 7) is 0. The van der Waals surface area contributed by atoms with Gasteiger partial charge in [-0.2, -0.15) is 0 Å². The minimum absolute atomic E-state index is 0.859. The van der Waals surface area contributed by atoms with Gasteiger partial charge >= 0.3 is 0 Å². The Hall–Kier alpha value is -2.62. The zero-order valence-corrected chi connectivity index (χ0v) is 9.54. The van der Waals surface area contributed by atoms with Gasteiger partial charge in [-0.3, -0.25) is 4.40 Å². The molecule has 1 N–H and O–H groups in total. The molecule has 4 aromatic rings. The number of H-pyrrole nitrogens is 1. The number of aromatic nitrogens is 4. The van der Waals surface area contributed by atoms with E-state index in [1.54, 1.807) is 0 Å². The third-order valence-corrected chi connectivity index (χ3v) is 3.14. The van der Waals surface area contributed by atoms with E-state index in [4.69, 9.17) is 0 Å². The summed E-state index contributed by atoms with van der Waals surface area (Å²) < 4.78 is 2.00. The summed E-state index contributed by atoms with van der Waals surface area (Å²) in [5, 5.41) is 9.62. The van der Waals surface area contributed by atoms with Crippen LogP contribution in [0, 0.1) is 0 Å². The van der Waals surface area contributed by atoms with Crippen LogP contribution in [-0.2, 0) is 0 Å². The second-order valence-electron chi connectivity index (χ2n) is 4.20. The lowest BCUT2D eigenvalue weighted by atomic mass is 10.1. The molecule has 18 heavy (non-hydrogen) atoms. The van der Waals surface area contributed by atoms with E-state index in [2.05, 4.69) is 27.3 Å². The average molecular weight is 234 g/mol. The van der Waals surface area contributed by atoms with Crippen molar-refractivity contribution in [2.75, 3.05) is 0 Å². The van der Waals surface area contributed by atoms with Gasteiger partial charge in [-0.15, -0.1) is 10.2 Å². The molecule has 86 valence electrons. The van der Waals surface area contributed by atoms with Crippen LogP contribution in [0.5, 0.6) is 0 Å². The lowest BCUT2D eigenvalue weighted by Crippen LogP contribution is -1.87. The first kappa shape index (κ1) is 9.41. The first-order valence-corrected chi connectivity index (χ1v) is 5.80. The lowest BCUT2D eigenvalue weighted by molar-refractivity contribution is 1.11. The summed E-state index contributed by atoms with van der Waals surface area (Å²) in [4.78, 5) is 3.26. The Morgan fingerprint density at radius 1 is 0.944 bits per heavy atom. The second-order valence-corrected chi connectivity index (χ2v) is 4.20. The predicted molar refractivity (Wildman–Crippen MR) is 70.3 cm³/mol. The molecule has 0 aliphatic carbocycles. The number of fused-ring (bicyclic) bond motifs is 2. The number of pyridine rings is 1. The Morgan fingerprint density at radius 2 is 1.83 bits per heavy atom. The fourth-order valence-electron chi connectivity index (χ4n) is 2.28. The minimum Gasteiger partial charge on any atom is -0.360 e. The van der Waals surface area contributed by atoms with E-state index in [0.717, 1.165) is 27.9 Å². The fraction of sp³-hybridized carbons (Fsp3) is 0. The molecule has 0 unspecified atom stereocenters. The summed E-state index contributed by atoms with van der Waals surface area (Å²) in [6.07, 6.45) is 3.96. The van der Waals surface area contributed by atoms with Crippen molar-refractivity contribution in [3.8, 4) is 11.4 Å². The Labute approximate surface area is 103 Å². The number of hydrogen-bond acceptors (Lipinski definition) is 2. The average Bonchev–Trinajstić information content (AvgIpc) is 3.01. The maximum atomic E-state index is 4.28. The maximum absolute atomic E-state index is 4.28. The van der Waals surface area contributed by atoms with Crippen molar-refractivity contribution in [1.82, 2.24) is 19.6 Å². The van der Waals surface area contributed by atoms with Crippen LogP contribution in [0.2, 0.25) is 0 Å². The van der Waals surface area contributed by atoms with Gasteiger partial charge in [0.25, 0.3) is 0 Å². The molecule has 0 aliphatic rings. The Kier molecular flexibility index (Phi) is 1.80. The largest absolute Gasteiger partial charge is 0.360 e. The first-order valence-electron chi connectivity index (χ1n) is 5.80. The number of para-hydroxylation sites is 1. The number of nitrogens with one attached hydrogen (secondary N) is 1. The monoisotopic (exact) mass is 234 g/mol. The van der Waals surface area contributed by atoms with Crippen molar-refractivity contribution in [3.05, 3.63) is 54.9 Å². The molecular formula is C14H10N4. The lowest BCUT2D eigenvalue weighted by Gasteiger charge is -1.97. The van der Waals surface area contributed by atoms with Crippen LogP contribution in [0.15, 0.2) is 54.9 Å². The topological polar surface area (TPSA) is 46.0 Å². The van der Waals surface area contributed by atoms with Crippen LogP contribution in [0.3, 0.4) is 0 Å². The quantitative estimate of drug-likeness (QED) is 0.550. The highest BCUT2D eigenvalue weighted by Crippen LogP contribution is 2.27. The van der Waals surface area contributed by atoms with Crippen molar-refractivity contribution in [1.29, 1.82) is 0 Å². The standard InChI is InChI=1S/C14H10N4/c1-2-6-12-10(5-1)11(9-15-12)14-17-16-13-7-3-4-8-18(13)14/h1-9,15H. The zero-order chi connectivity index (χ0) is 11.9. The van der Waals surface area contributed by atoms with Crippen LogP contribution in [0.1, 0.15) is 0 Å². The summed E-state index contributed by atoms with van der Waals surface area (Å²) in [5.74, 6) is 0.864. The molecule has 0 radical (unpaired) electrons. The molecular weight excluding hydrogens is 224 g/mol. The Bertz CT molecular complexity index is 769. The molecule has 0 saturated heterocycles. The number of nitrogens with zero attached hydrogens (tertiary/aromatic N) is 3. The summed E-state index contributed by atoms with van der Waals surface area (Å²) >= 11 is 0. The summed E-state index contributed by atoms with van der Waals surface area (Å²) in [7, 11) is 0. The van der Waals surface area contributed by atoms with Crippen LogP contribution in [-0.4, -0.2) is 19.6 Å². The van der Waals surface area contributed by atoms with E-state index in [1.807, 2.05) is 47.1 Å². The van der Waals surface area contributed by atoms with Crippen molar-refractivity contribution in [2.24, 2.45) is 0 Å². The van der Waals surface area contributed by atoms with Crippen LogP contribution >= 0.6 is 0 Å². The summed E-state index contributed by atoms with van der Waals surface area (Å²) in [5.41, 5.74) is 3.04. The minimum atomic E-state index is 0.859. The van der Waals surface area contributed by atoms with Gasteiger partial charge in [0.1, 0.15) is 0 Å². The van der Waals surface area contributed by atoms with Crippen LogP contribution < -0.4 is 0 Å². The molecule has 4 heteroatoms.